The van der Waals surface area contributed by atoms with Gasteiger partial charge in [-0.2, -0.15) is 0 Å². The predicted molar refractivity (Wildman–Crippen MR) is 64.1 cm³/mol. The van der Waals surface area contributed by atoms with Gasteiger partial charge in [0.25, 0.3) is 0 Å². The fourth-order valence-corrected chi connectivity index (χ4v) is 1.72. The molecule has 0 radical (unpaired) electrons. The Hall–Kier alpha value is -0.830. The van der Waals surface area contributed by atoms with Crippen LogP contribution < -0.4 is 0 Å². The van der Waals surface area contributed by atoms with Crippen molar-refractivity contribution in [3.63, 3.8) is 0 Å². The largest absolute Gasteiger partial charge is 0.344 e. The van der Waals surface area contributed by atoms with E-state index >= 15 is 0 Å². The Kier molecular flexibility index (Phi) is 4.33. The number of aromatic nitrogens is 2. The molecule has 15 heavy (non-hydrogen) atoms. The second kappa shape index (κ2) is 5.31. The third-order valence-electron chi connectivity index (χ3n) is 2.59. The molecule has 2 heterocycles. The molecule has 1 aromatic rings. The maximum atomic E-state index is 4.60. The van der Waals surface area contributed by atoms with Crippen molar-refractivity contribution in [3.8, 4) is 0 Å². The fraction of sp³-hybridized carbons (Fsp3) is 0.750. The lowest BCUT2D eigenvalue weighted by atomic mass is 10.2. The molecule has 2 rings (SSSR count). The summed E-state index contributed by atoms with van der Waals surface area (Å²) in [5.41, 5.74) is 2.60. The minimum atomic E-state index is 0.510. The third kappa shape index (κ3) is 2.81. The molecular weight excluding hydrogens is 186 g/mol. The normalized spacial score (nSPS) is 15.9. The molecule has 0 aliphatic carbocycles. The van der Waals surface area contributed by atoms with Crippen LogP contribution in [0.1, 0.15) is 50.8 Å². The van der Waals surface area contributed by atoms with Gasteiger partial charge in [0.05, 0.1) is 11.4 Å². The Bertz CT molecular complexity index is 302. The van der Waals surface area contributed by atoms with Crippen LogP contribution in [0.15, 0.2) is 0 Å². The number of aromatic amines is 1. The van der Waals surface area contributed by atoms with Gasteiger partial charge in [-0.25, -0.2) is 4.98 Å². The van der Waals surface area contributed by atoms with Crippen molar-refractivity contribution < 1.29 is 0 Å². The molecule has 3 heteroatoms. The minimum absolute atomic E-state index is 0.510. The first kappa shape index (κ1) is 12.2. The average molecular weight is 209 g/mol. The lowest BCUT2D eigenvalue weighted by molar-refractivity contribution is 0.307. The van der Waals surface area contributed by atoms with Crippen molar-refractivity contribution in [2.45, 2.75) is 46.6 Å². The Morgan fingerprint density at radius 3 is 2.60 bits per heavy atom. The third-order valence-corrected chi connectivity index (χ3v) is 2.59. The van der Waals surface area contributed by atoms with Gasteiger partial charge in [-0.05, 0) is 7.05 Å². The summed E-state index contributed by atoms with van der Waals surface area (Å²) in [5.74, 6) is 1.65. The van der Waals surface area contributed by atoms with Gasteiger partial charge >= 0.3 is 0 Å². The van der Waals surface area contributed by atoms with Crippen molar-refractivity contribution >= 4 is 0 Å². The monoisotopic (exact) mass is 209 g/mol. The van der Waals surface area contributed by atoms with Gasteiger partial charge in [0.2, 0.25) is 0 Å². The van der Waals surface area contributed by atoms with Crippen LogP contribution >= 0.6 is 0 Å². The smallest absolute Gasteiger partial charge is 0.109 e. The molecule has 1 aliphatic heterocycles. The summed E-state index contributed by atoms with van der Waals surface area (Å²) in [6.45, 7) is 10.5. The molecule has 0 bridgehead atoms. The molecule has 0 atom stereocenters. The van der Waals surface area contributed by atoms with E-state index in [-0.39, 0.29) is 0 Å². The topological polar surface area (TPSA) is 31.9 Å². The van der Waals surface area contributed by atoms with Gasteiger partial charge in [0.1, 0.15) is 5.82 Å². The number of nitrogens with one attached hydrogen (secondary N) is 1. The summed E-state index contributed by atoms with van der Waals surface area (Å²) in [6, 6.07) is 0. The van der Waals surface area contributed by atoms with Gasteiger partial charge in [-0.3, -0.25) is 0 Å². The highest BCUT2D eigenvalue weighted by atomic mass is 15.1. The molecule has 0 saturated carbocycles. The highest BCUT2D eigenvalue weighted by Gasteiger charge is 2.18. The van der Waals surface area contributed by atoms with Crippen molar-refractivity contribution in [3.05, 3.63) is 17.2 Å². The van der Waals surface area contributed by atoms with Crippen LogP contribution in [0.3, 0.4) is 0 Å². The molecular formula is C12H23N3. The molecule has 86 valence electrons. The van der Waals surface area contributed by atoms with Crippen molar-refractivity contribution in [2.24, 2.45) is 0 Å². The van der Waals surface area contributed by atoms with E-state index in [4.69, 9.17) is 0 Å². The number of rotatable bonds is 1. The van der Waals surface area contributed by atoms with Gasteiger partial charge in [-0.1, -0.05) is 27.7 Å². The van der Waals surface area contributed by atoms with Crippen LogP contribution in [-0.2, 0) is 13.0 Å². The van der Waals surface area contributed by atoms with E-state index in [1.165, 1.54) is 11.4 Å². The van der Waals surface area contributed by atoms with Gasteiger partial charge in [-0.15, -0.1) is 0 Å². The van der Waals surface area contributed by atoms with Crippen LogP contribution in [0.4, 0.5) is 0 Å². The number of nitrogens with zero attached hydrogens (tertiary/aromatic N) is 2. The Labute approximate surface area is 92.9 Å². The van der Waals surface area contributed by atoms with Crippen LogP contribution in [0.5, 0.6) is 0 Å². The van der Waals surface area contributed by atoms with Crippen molar-refractivity contribution in [1.82, 2.24) is 14.9 Å². The Balaban J connectivity index is 0.000000531. The highest BCUT2D eigenvalue weighted by Crippen LogP contribution is 2.18. The highest BCUT2D eigenvalue weighted by molar-refractivity contribution is 5.18. The summed E-state index contributed by atoms with van der Waals surface area (Å²) >= 11 is 0. The quantitative estimate of drug-likeness (QED) is 0.771. The number of likely N-dealkylation sites (N-methyl/N-ethyl adjacent to an activating group) is 1. The zero-order chi connectivity index (χ0) is 11.4. The van der Waals surface area contributed by atoms with E-state index in [2.05, 4.69) is 35.8 Å². The minimum Gasteiger partial charge on any atom is -0.344 e. The van der Waals surface area contributed by atoms with Crippen LogP contribution in [0, 0.1) is 0 Å². The molecule has 1 N–H and O–H groups in total. The van der Waals surface area contributed by atoms with Crippen LogP contribution in [0.2, 0.25) is 0 Å². The number of hydrogen-bond donors (Lipinski definition) is 1. The lowest BCUT2D eigenvalue weighted by Gasteiger charge is -2.20. The zero-order valence-electron chi connectivity index (χ0n) is 10.6. The maximum Gasteiger partial charge on any atom is 0.109 e. The second-order valence-electron chi connectivity index (χ2n) is 4.19. The van der Waals surface area contributed by atoms with Crippen LogP contribution in [0.25, 0.3) is 0 Å². The summed E-state index contributed by atoms with van der Waals surface area (Å²) in [4.78, 5) is 10.3. The van der Waals surface area contributed by atoms with Gasteiger partial charge in [0.15, 0.2) is 0 Å². The molecule has 0 unspecified atom stereocenters. The lowest BCUT2D eigenvalue weighted by Crippen LogP contribution is -2.26. The van der Waals surface area contributed by atoms with Crippen molar-refractivity contribution in [1.29, 1.82) is 0 Å². The number of fused-ring (bicyclic) bond motifs is 1. The average Bonchev–Trinajstić information content (AvgIpc) is 2.63. The molecule has 0 amide bonds. The number of H-pyrrole nitrogens is 1. The first-order valence-electron chi connectivity index (χ1n) is 5.93. The SMILES string of the molecule is CC.CC(C)c1nc2c([nH]1)CN(C)CC2. The van der Waals surface area contributed by atoms with E-state index in [0.29, 0.717) is 5.92 Å². The fourth-order valence-electron chi connectivity index (χ4n) is 1.72. The van der Waals surface area contributed by atoms with E-state index in [9.17, 15) is 0 Å². The maximum absolute atomic E-state index is 4.60. The molecule has 0 saturated heterocycles. The summed E-state index contributed by atoms with van der Waals surface area (Å²) < 4.78 is 0. The molecule has 0 spiro atoms. The summed E-state index contributed by atoms with van der Waals surface area (Å²) in [6.07, 6.45) is 1.09. The summed E-state index contributed by atoms with van der Waals surface area (Å²) in [5, 5.41) is 0. The molecule has 0 aromatic carbocycles. The van der Waals surface area contributed by atoms with E-state index in [1.807, 2.05) is 13.8 Å². The van der Waals surface area contributed by atoms with E-state index < -0.39 is 0 Å². The Morgan fingerprint density at radius 1 is 1.33 bits per heavy atom. The molecule has 0 fully saturated rings. The first-order valence-corrected chi connectivity index (χ1v) is 5.93. The molecule has 3 nitrogen and oxygen atoms in total. The first-order chi connectivity index (χ1) is 7.16. The van der Waals surface area contributed by atoms with Crippen molar-refractivity contribution in [2.75, 3.05) is 13.6 Å². The van der Waals surface area contributed by atoms with E-state index in [0.717, 1.165) is 25.3 Å². The Morgan fingerprint density at radius 2 is 2.00 bits per heavy atom. The zero-order valence-corrected chi connectivity index (χ0v) is 10.6. The summed E-state index contributed by atoms with van der Waals surface area (Å²) in [7, 11) is 2.15. The van der Waals surface area contributed by atoms with E-state index in [1.54, 1.807) is 0 Å². The van der Waals surface area contributed by atoms with Gasteiger partial charge in [0, 0.05) is 25.4 Å². The van der Waals surface area contributed by atoms with Gasteiger partial charge < -0.3 is 9.88 Å². The number of hydrogen-bond acceptors (Lipinski definition) is 2. The number of imidazole rings is 1. The molecule has 1 aliphatic rings. The van der Waals surface area contributed by atoms with Crippen LogP contribution in [-0.4, -0.2) is 28.5 Å². The standard InChI is InChI=1S/C10H17N3.C2H6/c1-7(2)10-11-8-4-5-13(3)6-9(8)12-10;1-2/h7H,4-6H2,1-3H3,(H,11,12);1-2H3. The predicted octanol–water partition coefficient (Wildman–Crippen LogP) is 2.55. The molecule has 1 aromatic heterocycles. The second-order valence-corrected chi connectivity index (χ2v) is 4.19.